The molecule has 1 aliphatic heterocycles. The van der Waals surface area contributed by atoms with Crippen LogP contribution in [0.15, 0.2) is 0 Å². The molecule has 0 radical (unpaired) electrons. The van der Waals surface area contributed by atoms with Gasteiger partial charge < -0.3 is 9.47 Å². The van der Waals surface area contributed by atoms with Crippen LogP contribution >= 0.6 is 0 Å². The van der Waals surface area contributed by atoms with Crippen LogP contribution in [0.5, 0.6) is 0 Å². The van der Waals surface area contributed by atoms with Crippen LogP contribution in [0.3, 0.4) is 0 Å². The van der Waals surface area contributed by atoms with Crippen molar-refractivity contribution in [3.05, 3.63) is 10.1 Å². The summed E-state index contributed by atoms with van der Waals surface area (Å²) in [5.74, 6) is 0. The Bertz CT molecular complexity index is 134. The molecule has 0 aliphatic carbocycles. The summed E-state index contributed by atoms with van der Waals surface area (Å²) in [6.07, 6.45) is -0.813. The third-order valence-corrected chi connectivity index (χ3v) is 1.22. The zero-order chi connectivity index (χ0) is 7.56. The van der Waals surface area contributed by atoms with Crippen molar-refractivity contribution < 1.29 is 14.4 Å². The summed E-state index contributed by atoms with van der Waals surface area (Å²) in [5, 5.41) is 9.97. The Morgan fingerprint density at radius 1 is 2.00 bits per heavy atom. The second-order valence-electron chi connectivity index (χ2n) is 2.17. The van der Waals surface area contributed by atoms with E-state index in [9.17, 15) is 10.1 Å². The van der Waals surface area contributed by atoms with E-state index in [0.29, 0.717) is 13.2 Å². The molecule has 1 saturated heterocycles. The van der Waals surface area contributed by atoms with Gasteiger partial charge in [0.15, 0.2) is 0 Å². The van der Waals surface area contributed by atoms with Gasteiger partial charge in [-0.1, -0.05) is 0 Å². The summed E-state index contributed by atoms with van der Waals surface area (Å²) in [5.41, 5.74) is 0. The van der Waals surface area contributed by atoms with E-state index in [-0.39, 0.29) is 6.10 Å². The Labute approximate surface area is 58.1 Å². The number of ether oxygens (including phenoxy) is 2. The van der Waals surface area contributed by atoms with Crippen molar-refractivity contribution in [3.8, 4) is 0 Å². The largest absolute Gasteiger partial charge is 0.371 e. The standard InChI is InChI=1S/C5H9NO4/c1-4(6(7)8)9-2-5-3-10-5/h4-5H,2-3H2,1H3. The Morgan fingerprint density at radius 2 is 2.60 bits per heavy atom. The minimum Gasteiger partial charge on any atom is -0.371 e. The monoisotopic (exact) mass is 147 g/mol. The quantitative estimate of drug-likeness (QED) is 0.243. The lowest BCUT2D eigenvalue weighted by Gasteiger charge is -2.02. The van der Waals surface area contributed by atoms with Crippen LogP contribution in [0, 0.1) is 10.1 Å². The van der Waals surface area contributed by atoms with Crippen LogP contribution in [0.1, 0.15) is 6.92 Å². The maximum atomic E-state index is 9.97. The molecule has 1 rings (SSSR count). The summed E-state index contributed by atoms with van der Waals surface area (Å²) >= 11 is 0. The fourth-order valence-corrected chi connectivity index (χ4v) is 0.472. The first-order valence-electron chi connectivity index (χ1n) is 3.07. The highest BCUT2D eigenvalue weighted by atomic mass is 16.7. The minimum atomic E-state index is -0.913. The Hall–Kier alpha value is -0.680. The molecular formula is C5H9NO4. The van der Waals surface area contributed by atoms with Gasteiger partial charge in [-0.15, -0.1) is 0 Å². The Balaban J connectivity index is 2.05. The molecule has 0 saturated carbocycles. The van der Waals surface area contributed by atoms with E-state index >= 15 is 0 Å². The summed E-state index contributed by atoms with van der Waals surface area (Å²) in [7, 11) is 0. The third-order valence-electron chi connectivity index (χ3n) is 1.22. The molecule has 2 unspecified atom stereocenters. The van der Waals surface area contributed by atoms with E-state index in [1.807, 2.05) is 0 Å². The van der Waals surface area contributed by atoms with Crippen LogP contribution in [-0.4, -0.2) is 30.5 Å². The second-order valence-corrected chi connectivity index (χ2v) is 2.17. The van der Waals surface area contributed by atoms with Crippen molar-refractivity contribution in [3.63, 3.8) is 0 Å². The van der Waals surface area contributed by atoms with E-state index in [1.165, 1.54) is 6.92 Å². The van der Waals surface area contributed by atoms with Crippen LogP contribution in [0.4, 0.5) is 0 Å². The molecular weight excluding hydrogens is 138 g/mol. The number of hydrogen-bond acceptors (Lipinski definition) is 4. The summed E-state index contributed by atoms with van der Waals surface area (Å²) in [6.45, 7) is 2.41. The topological polar surface area (TPSA) is 64.9 Å². The molecule has 2 atom stereocenters. The maximum absolute atomic E-state index is 9.97. The summed E-state index contributed by atoms with van der Waals surface area (Å²) < 4.78 is 9.59. The number of nitrogens with zero attached hydrogens (tertiary/aromatic N) is 1. The second kappa shape index (κ2) is 2.94. The first-order chi connectivity index (χ1) is 4.70. The molecule has 0 N–H and O–H groups in total. The van der Waals surface area contributed by atoms with Gasteiger partial charge in [-0.3, -0.25) is 10.1 Å². The number of hydrogen-bond donors (Lipinski definition) is 0. The SMILES string of the molecule is CC(OCC1CO1)[N+](=O)[O-]. The molecule has 10 heavy (non-hydrogen) atoms. The fourth-order valence-electron chi connectivity index (χ4n) is 0.472. The van der Waals surface area contributed by atoms with E-state index in [1.54, 1.807) is 0 Å². The number of nitro groups is 1. The smallest absolute Gasteiger partial charge is 0.312 e. The van der Waals surface area contributed by atoms with Gasteiger partial charge in [-0.2, -0.15) is 0 Å². The summed E-state index contributed by atoms with van der Waals surface area (Å²) in [4.78, 5) is 9.50. The molecule has 5 heteroatoms. The van der Waals surface area contributed by atoms with Crippen molar-refractivity contribution >= 4 is 0 Å². The van der Waals surface area contributed by atoms with Crippen LogP contribution in [-0.2, 0) is 9.47 Å². The molecule has 0 spiro atoms. The molecule has 0 bridgehead atoms. The van der Waals surface area contributed by atoms with Gasteiger partial charge in [-0.25, -0.2) is 0 Å². The molecule has 1 fully saturated rings. The average molecular weight is 147 g/mol. The molecule has 0 amide bonds. The molecule has 0 aromatic carbocycles. The van der Waals surface area contributed by atoms with Gasteiger partial charge in [-0.05, 0) is 0 Å². The molecule has 0 aromatic heterocycles. The zero-order valence-corrected chi connectivity index (χ0v) is 5.65. The van der Waals surface area contributed by atoms with Crippen molar-refractivity contribution in [2.75, 3.05) is 13.2 Å². The van der Waals surface area contributed by atoms with Crippen molar-refractivity contribution in [1.29, 1.82) is 0 Å². The maximum Gasteiger partial charge on any atom is 0.312 e. The van der Waals surface area contributed by atoms with Crippen LogP contribution in [0.25, 0.3) is 0 Å². The van der Waals surface area contributed by atoms with Crippen molar-refractivity contribution in [1.82, 2.24) is 0 Å². The fraction of sp³-hybridized carbons (Fsp3) is 1.00. The minimum absolute atomic E-state index is 0.0994. The van der Waals surface area contributed by atoms with Gasteiger partial charge in [0.25, 0.3) is 0 Å². The highest BCUT2D eigenvalue weighted by Crippen LogP contribution is 2.09. The van der Waals surface area contributed by atoms with Crippen molar-refractivity contribution in [2.45, 2.75) is 19.3 Å². The Kier molecular flexibility index (Phi) is 2.18. The predicted octanol–water partition coefficient (Wildman–Crippen LogP) is 0.0245. The van der Waals surface area contributed by atoms with Crippen LogP contribution in [0.2, 0.25) is 0 Å². The average Bonchev–Trinajstić information content (AvgIpc) is 2.64. The molecule has 5 nitrogen and oxygen atoms in total. The van der Waals surface area contributed by atoms with Gasteiger partial charge in [0.1, 0.15) is 6.10 Å². The zero-order valence-electron chi connectivity index (χ0n) is 5.65. The molecule has 1 aliphatic rings. The van der Waals surface area contributed by atoms with Crippen molar-refractivity contribution in [2.24, 2.45) is 0 Å². The normalized spacial score (nSPS) is 25.9. The van der Waals surface area contributed by atoms with Gasteiger partial charge in [0, 0.05) is 6.92 Å². The molecule has 0 aromatic rings. The Morgan fingerprint density at radius 3 is 3.00 bits per heavy atom. The van der Waals surface area contributed by atoms with Gasteiger partial charge in [0.2, 0.25) is 0 Å². The first kappa shape index (κ1) is 7.43. The lowest BCUT2D eigenvalue weighted by Crippen LogP contribution is -2.21. The van der Waals surface area contributed by atoms with E-state index in [2.05, 4.69) is 0 Å². The third kappa shape index (κ3) is 2.28. The van der Waals surface area contributed by atoms with E-state index < -0.39 is 11.2 Å². The number of epoxide rings is 1. The van der Waals surface area contributed by atoms with Gasteiger partial charge in [0.05, 0.1) is 18.1 Å². The van der Waals surface area contributed by atoms with Gasteiger partial charge >= 0.3 is 6.23 Å². The van der Waals surface area contributed by atoms with Crippen LogP contribution < -0.4 is 0 Å². The summed E-state index contributed by atoms with van der Waals surface area (Å²) in [6, 6.07) is 0. The molecule has 58 valence electrons. The van der Waals surface area contributed by atoms with E-state index in [0.717, 1.165) is 0 Å². The highest BCUT2D eigenvalue weighted by Gasteiger charge is 2.25. The lowest BCUT2D eigenvalue weighted by atomic mass is 10.5. The van der Waals surface area contributed by atoms with E-state index in [4.69, 9.17) is 9.47 Å². The lowest BCUT2D eigenvalue weighted by molar-refractivity contribution is -0.571. The highest BCUT2D eigenvalue weighted by molar-refractivity contribution is 4.67. The predicted molar refractivity (Wildman–Crippen MR) is 32.1 cm³/mol. The first-order valence-corrected chi connectivity index (χ1v) is 3.07. The number of rotatable bonds is 4. The molecule has 1 heterocycles.